The van der Waals surface area contributed by atoms with E-state index < -0.39 is 40.0 Å². The number of hydrogen-bond donors (Lipinski definition) is 1. The number of alkyl halides is 2. The highest BCUT2D eigenvalue weighted by Crippen LogP contribution is 2.71. The Morgan fingerprint density at radius 2 is 1.81 bits per heavy atom. The number of carbonyl (C=O) groups excluding carboxylic acids is 1. The molecule has 7 rings (SSSR count). The molecule has 1 aliphatic heterocycles. The summed E-state index contributed by atoms with van der Waals surface area (Å²) in [5, 5.41) is 9.92. The molecule has 1 aromatic carbocycles. The predicted octanol–water partition coefficient (Wildman–Crippen LogP) is 7.16. The topological polar surface area (TPSA) is 57.6 Å². The van der Waals surface area contributed by atoms with Crippen LogP contribution in [-0.2, 0) is 15.0 Å². The van der Waals surface area contributed by atoms with Crippen molar-refractivity contribution in [1.82, 2.24) is 4.90 Å². The van der Waals surface area contributed by atoms with Crippen LogP contribution in [0.4, 0.5) is 8.78 Å². The largest absolute Gasteiger partial charge is 0.481 e. The minimum atomic E-state index is -2.78. The van der Waals surface area contributed by atoms with Crippen LogP contribution < -0.4 is 0 Å². The molecule has 4 nitrogen and oxygen atoms in total. The van der Waals surface area contributed by atoms with Crippen molar-refractivity contribution in [2.24, 2.45) is 28.6 Å². The Morgan fingerprint density at radius 3 is 2.35 bits per heavy atom. The zero-order valence-electron chi connectivity index (χ0n) is 22.2. The number of aliphatic carboxylic acids is 1. The third-order valence-electron chi connectivity index (χ3n) is 10.8. The Kier molecular flexibility index (Phi) is 5.04. The van der Waals surface area contributed by atoms with Crippen molar-refractivity contribution in [3.8, 4) is 0 Å². The van der Waals surface area contributed by atoms with Crippen LogP contribution >= 0.6 is 11.6 Å². The molecule has 7 heteroatoms. The van der Waals surface area contributed by atoms with Crippen LogP contribution in [0.1, 0.15) is 90.2 Å². The summed E-state index contributed by atoms with van der Waals surface area (Å²) < 4.78 is 29.6. The molecule has 200 valence electrons. The van der Waals surface area contributed by atoms with Gasteiger partial charge in [0, 0.05) is 29.0 Å². The fourth-order valence-electron chi connectivity index (χ4n) is 8.50. The summed E-state index contributed by atoms with van der Waals surface area (Å²) >= 11 is 6.74. The molecular weight excluding hydrogens is 496 g/mol. The molecule has 1 amide bonds. The van der Waals surface area contributed by atoms with Gasteiger partial charge in [0.25, 0.3) is 5.92 Å². The first-order chi connectivity index (χ1) is 17.1. The van der Waals surface area contributed by atoms with E-state index in [1.54, 1.807) is 6.07 Å². The Bertz CT molecular complexity index is 1230. The number of amides is 1. The van der Waals surface area contributed by atoms with Gasteiger partial charge in [-0.05, 0) is 72.1 Å². The number of rotatable bonds is 4. The van der Waals surface area contributed by atoms with Crippen molar-refractivity contribution >= 4 is 23.5 Å². The molecule has 3 unspecified atom stereocenters. The SMILES string of the molecule is C[C@H]1CCC2(c3ccc(C4C(C(C)(C)C)C4(F)F)c(Cl)c3)CC(=O)N(C34CC(C(=O)O)(C3)C4)C=C2[C@@H]1C. The molecule has 1 heterocycles. The Labute approximate surface area is 222 Å². The smallest absolute Gasteiger partial charge is 0.309 e. The molecule has 0 radical (unpaired) electrons. The monoisotopic (exact) mass is 531 g/mol. The van der Waals surface area contributed by atoms with E-state index in [9.17, 15) is 23.5 Å². The van der Waals surface area contributed by atoms with Crippen LogP contribution in [0, 0.1) is 28.6 Å². The van der Waals surface area contributed by atoms with E-state index in [2.05, 4.69) is 13.8 Å². The lowest BCUT2D eigenvalue weighted by Crippen LogP contribution is -2.77. The number of carboxylic acid groups (broad SMARTS) is 1. The first-order valence-electron chi connectivity index (χ1n) is 13.5. The molecule has 0 spiro atoms. The van der Waals surface area contributed by atoms with E-state index >= 15 is 0 Å². The molecule has 0 saturated heterocycles. The third kappa shape index (κ3) is 3.23. The highest BCUT2D eigenvalue weighted by molar-refractivity contribution is 6.31. The first kappa shape index (κ1) is 25.3. The van der Waals surface area contributed by atoms with Crippen molar-refractivity contribution < 1.29 is 23.5 Å². The fraction of sp³-hybridized carbons (Fsp3) is 0.667. The number of carboxylic acids is 1. The van der Waals surface area contributed by atoms with Crippen molar-refractivity contribution in [3.05, 3.63) is 46.1 Å². The van der Waals surface area contributed by atoms with E-state index in [0.717, 1.165) is 18.4 Å². The van der Waals surface area contributed by atoms with Crippen molar-refractivity contribution in [2.45, 2.75) is 95.9 Å². The summed E-state index contributed by atoms with van der Waals surface area (Å²) in [5.41, 5.74) is 0.549. The Morgan fingerprint density at radius 1 is 1.16 bits per heavy atom. The van der Waals surface area contributed by atoms with E-state index in [1.165, 1.54) is 5.57 Å². The van der Waals surface area contributed by atoms with Gasteiger partial charge in [-0.3, -0.25) is 9.59 Å². The molecule has 1 N–H and O–H groups in total. The number of nitrogens with zero attached hydrogens (tertiary/aromatic N) is 1. The van der Waals surface area contributed by atoms with E-state index in [1.807, 2.05) is 44.0 Å². The highest BCUT2D eigenvalue weighted by Gasteiger charge is 2.75. The predicted molar refractivity (Wildman–Crippen MR) is 138 cm³/mol. The van der Waals surface area contributed by atoms with Gasteiger partial charge in [-0.1, -0.05) is 58.4 Å². The van der Waals surface area contributed by atoms with Gasteiger partial charge in [-0.15, -0.1) is 0 Å². The minimum absolute atomic E-state index is 0.0194. The van der Waals surface area contributed by atoms with Gasteiger partial charge in [0.05, 0.1) is 16.9 Å². The lowest BCUT2D eigenvalue weighted by Gasteiger charge is -2.71. The normalized spacial score (nSPS) is 41.8. The molecule has 37 heavy (non-hydrogen) atoms. The highest BCUT2D eigenvalue weighted by atomic mass is 35.5. The third-order valence-corrected chi connectivity index (χ3v) is 11.1. The lowest BCUT2D eigenvalue weighted by molar-refractivity contribution is -0.224. The maximum atomic E-state index is 14.8. The van der Waals surface area contributed by atoms with Crippen LogP contribution in [0.2, 0.25) is 5.02 Å². The average molecular weight is 532 g/mol. The van der Waals surface area contributed by atoms with Crippen LogP contribution in [0.15, 0.2) is 30.0 Å². The second-order valence-electron chi connectivity index (χ2n) is 14.0. The summed E-state index contributed by atoms with van der Waals surface area (Å²) in [5.74, 6) is -4.47. The number of carbonyl (C=O) groups is 2. The second kappa shape index (κ2) is 7.37. The zero-order valence-corrected chi connectivity index (χ0v) is 23.0. The van der Waals surface area contributed by atoms with Crippen LogP contribution in [-0.4, -0.2) is 33.3 Å². The van der Waals surface area contributed by atoms with Gasteiger partial charge in [-0.25, -0.2) is 8.78 Å². The second-order valence-corrected chi connectivity index (χ2v) is 14.4. The number of allylic oxidation sites excluding steroid dienone is 1. The Hall–Kier alpha value is -1.95. The molecule has 5 aliphatic carbocycles. The fourth-order valence-corrected chi connectivity index (χ4v) is 8.79. The molecule has 0 aromatic heterocycles. The molecule has 1 aromatic rings. The standard InChI is InChI=1S/C30H36ClF2NO3/c1-16-8-9-29(18-6-7-19(21(31)10-18)23-24(26(3,4)5)30(23,32)33)11-22(35)34(12-20(29)17(16)2)28-13-27(14-28,15-28)25(36)37/h6-7,10,12,16-17,23-24H,8-9,11,13-15H2,1-5H3,(H,36,37)/t16-,17+,23?,24?,27?,28?,29?/m0/s1. The number of fused-ring (bicyclic) bond motifs is 1. The summed E-state index contributed by atoms with van der Waals surface area (Å²) in [6.45, 7) is 9.97. The molecule has 5 fully saturated rings. The van der Waals surface area contributed by atoms with Gasteiger partial charge in [0.15, 0.2) is 0 Å². The molecule has 5 saturated carbocycles. The van der Waals surface area contributed by atoms with Gasteiger partial charge < -0.3 is 10.0 Å². The molecule has 2 bridgehead atoms. The summed E-state index contributed by atoms with van der Waals surface area (Å²) in [6.07, 6.45) is 5.66. The summed E-state index contributed by atoms with van der Waals surface area (Å²) in [4.78, 5) is 27.2. The zero-order chi connectivity index (χ0) is 26.9. The maximum absolute atomic E-state index is 14.8. The van der Waals surface area contributed by atoms with E-state index in [0.29, 0.717) is 42.2 Å². The Balaban J connectivity index is 1.37. The van der Waals surface area contributed by atoms with Gasteiger partial charge in [-0.2, -0.15) is 0 Å². The lowest BCUT2D eigenvalue weighted by atomic mass is 9.38. The molecule has 5 atom stereocenters. The average Bonchev–Trinajstić information content (AvgIpc) is 3.32. The van der Waals surface area contributed by atoms with Crippen molar-refractivity contribution in [3.63, 3.8) is 0 Å². The number of halogens is 3. The van der Waals surface area contributed by atoms with Crippen LogP contribution in [0.3, 0.4) is 0 Å². The maximum Gasteiger partial charge on any atom is 0.309 e. The van der Waals surface area contributed by atoms with Crippen molar-refractivity contribution in [1.29, 1.82) is 0 Å². The molecular formula is C30H36ClF2NO3. The van der Waals surface area contributed by atoms with Crippen molar-refractivity contribution in [2.75, 3.05) is 0 Å². The van der Waals surface area contributed by atoms with Gasteiger partial charge >= 0.3 is 5.97 Å². The molecule has 6 aliphatic rings. The van der Waals surface area contributed by atoms with E-state index in [-0.39, 0.29) is 17.4 Å². The van der Waals surface area contributed by atoms with Gasteiger partial charge in [0.1, 0.15) is 0 Å². The van der Waals surface area contributed by atoms with Gasteiger partial charge in [0.2, 0.25) is 5.91 Å². The van der Waals surface area contributed by atoms with Crippen LogP contribution in [0.5, 0.6) is 0 Å². The quantitative estimate of drug-likeness (QED) is 0.448. The van der Waals surface area contributed by atoms with E-state index in [4.69, 9.17) is 11.6 Å². The van der Waals surface area contributed by atoms with Crippen LogP contribution in [0.25, 0.3) is 0 Å². The number of benzene rings is 1. The minimum Gasteiger partial charge on any atom is -0.481 e. The number of hydrogen-bond acceptors (Lipinski definition) is 2. The first-order valence-corrected chi connectivity index (χ1v) is 13.9. The summed E-state index contributed by atoms with van der Waals surface area (Å²) in [6, 6.07) is 5.53. The summed E-state index contributed by atoms with van der Waals surface area (Å²) in [7, 11) is 0.